The van der Waals surface area contributed by atoms with E-state index in [0.717, 1.165) is 22.3 Å². The molecule has 0 fully saturated rings. The minimum Gasteiger partial charge on any atom is -0.258 e. The smallest absolute Gasteiger partial charge is 0.258 e. The van der Waals surface area contributed by atoms with E-state index in [-0.39, 0.29) is 10.8 Å². The SMILES string of the molecule is Cc1cc(C)c(-c2nc(Cl)ccc2[N+](=O)[O-])cc1C. The highest BCUT2D eigenvalue weighted by Crippen LogP contribution is 2.32. The Labute approximate surface area is 116 Å². The molecule has 0 spiro atoms. The highest BCUT2D eigenvalue weighted by atomic mass is 35.5. The lowest BCUT2D eigenvalue weighted by atomic mass is 9.98. The van der Waals surface area contributed by atoms with Crippen LogP contribution in [-0.4, -0.2) is 9.91 Å². The third kappa shape index (κ3) is 2.58. The monoisotopic (exact) mass is 276 g/mol. The van der Waals surface area contributed by atoms with Gasteiger partial charge in [-0.15, -0.1) is 0 Å². The van der Waals surface area contributed by atoms with E-state index in [2.05, 4.69) is 4.98 Å². The van der Waals surface area contributed by atoms with Crippen molar-refractivity contribution in [1.29, 1.82) is 0 Å². The zero-order valence-corrected chi connectivity index (χ0v) is 11.7. The predicted octanol–water partition coefficient (Wildman–Crippen LogP) is 4.24. The van der Waals surface area contributed by atoms with Crippen molar-refractivity contribution in [3.05, 3.63) is 56.2 Å². The maximum absolute atomic E-state index is 11.1. The van der Waals surface area contributed by atoms with Gasteiger partial charge in [0, 0.05) is 11.6 Å². The molecule has 2 rings (SSSR count). The van der Waals surface area contributed by atoms with Crippen molar-refractivity contribution in [1.82, 2.24) is 4.98 Å². The fourth-order valence-corrected chi connectivity index (χ4v) is 2.14. The minimum absolute atomic E-state index is 0.0317. The maximum atomic E-state index is 11.1. The Morgan fingerprint density at radius 2 is 1.74 bits per heavy atom. The molecule has 1 aromatic carbocycles. The molecule has 0 unspecified atom stereocenters. The molecule has 0 bridgehead atoms. The molecule has 98 valence electrons. The second kappa shape index (κ2) is 4.97. The van der Waals surface area contributed by atoms with Gasteiger partial charge in [0.1, 0.15) is 10.8 Å². The van der Waals surface area contributed by atoms with Crippen molar-refractivity contribution in [2.75, 3.05) is 0 Å². The molecule has 0 aliphatic rings. The molecule has 1 heterocycles. The Balaban J connectivity index is 2.74. The van der Waals surface area contributed by atoms with Gasteiger partial charge < -0.3 is 0 Å². The lowest BCUT2D eigenvalue weighted by Crippen LogP contribution is -1.97. The molecule has 19 heavy (non-hydrogen) atoms. The molecule has 0 amide bonds. The number of hydrogen-bond donors (Lipinski definition) is 0. The van der Waals surface area contributed by atoms with Gasteiger partial charge in [-0.3, -0.25) is 10.1 Å². The van der Waals surface area contributed by atoms with Crippen LogP contribution in [0.2, 0.25) is 5.15 Å². The van der Waals surface area contributed by atoms with Gasteiger partial charge in [0.25, 0.3) is 5.69 Å². The van der Waals surface area contributed by atoms with E-state index < -0.39 is 4.92 Å². The number of aromatic nitrogens is 1. The third-order valence-corrected chi connectivity index (χ3v) is 3.34. The first-order chi connectivity index (χ1) is 8.90. The minimum atomic E-state index is -0.437. The molecule has 2 aromatic rings. The number of hydrogen-bond acceptors (Lipinski definition) is 3. The van der Waals surface area contributed by atoms with Crippen molar-refractivity contribution in [2.24, 2.45) is 0 Å². The summed E-state index contributed by atoms with van der Waals surface area (Å²) in [6, 6.07) is 6.73. The lowest BCUT2D eigenvalue weighted by Gasteiger charge is -2.10. The van der Waals surface area contributed by atoms with Crippen LogP contribution in [0.5, 0.6) is 0 Å². The van der Waals surface area contributed by atoms with Crippen molar-refractivity contribution in [2.45, 2.75) is 20.8 Å². The number of pyridine rings is 1. The molecule has 1 aromatic heterocycles. The highest BCUT2D eigenvalue weighted by molar-refractivity contribution is 6.29. The van der Waals surface area contributed by atoms with Crippen molar-refractivity contribution in [3.8, 4) is 11.3 Å². The first-order valence-electron chi connectivity index (χ1n) is 5.79. The van der Waals surface area contributed by atoms with Gasteiger partial charge in [-0.05, 0) is 49.6 Å². The van der Waals surface area contributed by atoms with Crippen molar-refractivity contribution in [3.63, 3.8) is 0 Å². The summed E-state index contributed by atoms with van der Waals surface area (Å²) >= 11 is 5.86. The molecule has 0 radical (unpaired) electrons. The molecular formula is C14H13ClN2O2. The van der Waals surface area contributed by atoms with Crippen molar-refractivity contribution < 1.29 is 4.92 Å². The van der Waals surface area contributed by atoms with Gasteiger partial charge in [0.2, 0.25) is 0 Å². The largest absolute Gasteiger partial charge is 0.295 e. The summed E-state index contributed by atoms with van der Waals surface area (Å²) in [7, 11) is 0. The standard InChI is InChI=1S/C14H13ClN2O2/c1-8-6-10(3)11(7-9(8)2)14-12(17(18)19)4-5-13(15)16-14/h4-7H,1-3H3. The molecule has 0 aliphatic carbocycles. The Morgan fingerprint density at radius 3 is 2.37 bits per heavy atom. The van der Waals surface area contributed by atoms with Gasteiger partial charge in [-0.25, -0.2) is 4.98 Å². The van der Waals surface area contributed by atoms with E-state index in [4.69, 9.17) is 11.6 Å². The van der Waals surface area contributed by atoms with Crippen LogP contribution in [0.3, 0.4) is 0 Å². The normalized spacial score (nSPS) is 10.5. The number of halogens is 1. The Morgan fingerprint density at radius 1 is 1.11 bits per heavy atom. The summed E-state index contributed by atoms with van der Waals surface area (Å²) in [6.07, 6.45) is 0. The van der Waals surface area contributed by atoms with E-state index in [9.17, 15) is 10.1 Å². The van der Waals surface area contributed by atoms with Crippen molar-refractivity contribution >= 4 is 17.3 Å². The highest BCUT2D eigenvalue weighted by Gasteiger charge is 2.19. The number of nitrogens with zero attached hydrogens (tertiary/aromatic N) is 2. The molecule has 0 aliphatic heterocycles. The molecular weight excluding hydrogens is 264 g/mol. The van der Waals surface area contributed by atoms with Crippen LogP contribution in [0.15, 0.2) is 24.3 Å². The summed E-state index contributed by atoms with van der Waals surface area (Å²) < 4.78 is 0. The van der Waals surface area contributed by atoms with Crippen LogP contribution in [-0.2, 0) is 0 Å². The topological polar surface area (TPSA) is 56.0 Å². The zero-order chi connectivity index (χ0) is 14.2. The van der Waals surface area contributed by atoms with Crippen LogP contribution < -0.4 is 0 Å². The summed E-state index contributed by atoms with van der Waals surface area (Å²) in [6.45, 7) is 5.88. The first kappa shape index (κ1) is 13.5. The third-order valence-electron chi connectivity index (χ3n) is 3.13. The average molecular weight is 277 g/mol. The van der Waals surface area contributed by atoms with Gasteiger partial charge in [-0.1, -0.05) is 17.7 Å². The summed E-state index contributed by atoms with van der Waals surface area (Å²) in [5.74, 6) is 0. The van der Waals surface area contributed by atoms with Crippen LogP contribution in [0.25, 0.3) is 11.3 Å². The second-order valence-electron chi connectivity index (χ2n) is 4.51. The molecule has 4 nitrogen and oxygen atoms in total. The Hall–Kier alpha value is -1.94. The fourth-order valence-electron chi connectivity index (χ4n) is 1.99. The Bertz CT molecular complexity index is 669. The van der Waals surface area contributed by atoms with Gasteiger partial charge in [0.05, 0.1) is 4.92 Å². The average Bonchev–Trinajstić information content (AvgIpc) is 2.33. The van der Waals surface area contributed by atoms with E-state index in [1.165, 1.54) is 12.1 Å². The zero-order valence-electron chi connectivity index (χ0n) is 10.9. The first-order valence-corrected chi connectivity index (χ1v) is 6.17. The summed E-state index contributed by atoms with van der Waals surface area (Å²) in [4.78, 5) is 14.8. The molecule has 0 saturated heterocycles. The van der Waals surface area contributed by atoms with Gasteiger partial charge in [-0.2, -0.15) is 0 Å². The van der Waals surface area contributed by atoms with E-state index in [1.807, 2.05) is 32.9 Å². The fraction of sp³-hybridized carbons (Fsp3) is 0.214. The number of nitro groups is 1. The van der Waals surface area contributed by atoms with Crippen LogP contribution in [0, 0.1) is 30.9 Å². The summed E-state index contributed by atoms with van der Waals surface area (Å²) in [5.41, 5.74) is 4.19. The number of aryl methyl sites for hydroxylation is 3. The predicted molar refractivity (Wildman–Crippen MR) is 75.5 cm³/mol. The van der Waals surface area contributed by atoms with E-state index in [0.29, 0.717) is 5.69 Å². The number of rotatable bonds is 2. The summed E-state index contributed by atoms with van der Waals surface area (Å²) in [5, 5.41) is 11.3. The molecule has 5 heteroatoms. The number of benzene rings is 1. The van der Waals surface area contributed by atoms with E-state index in [1.54, 1.807) is 0 Å². The maximum Gasteiger partial charge on any atom is 0.295 e. The Kier molecular flexibility index (Phi) is 3.53. The quantitative estimate of drug-likeness (QED) is 0.468. The lowest BCUT2D eigenvalue weighted by molar-refractivity contribution is -0.384. The molecule has 0 saturated carbocycles. The van der Waals surface area contributed by atoms with Gasteiger partial charge >= 0.3 is 0 Å². The van der Waals surface area contributed by atoms with Crippen LogP contribution in [0.1, 0.15) is 16.7 Å². The van der Waals surface area contributed by atoms with Crippen LogP contribution >= 0.6 is 11.6 Å². The molecule has 0 N–H and O–H groups in total. The van der Waals surface area contributed by atoms with Crippen LogP contribution in [0.4, 0.5) is 5.69 Å². The molecule has 0 atom stereocenters. The second-order valence-corrected chi connectivity index (χ2v) is 4.90. The van der Waals surface area contributed by atoms with Gasteiger partial charge in [0.15, 0.2) is 0 Å². The van der Waals surface area contributed by atoms with E-state index >= 15 is 0 Å².